The van der Waals surface area contributed by atoms with Gasteiger partial charge in [-0.05, 0) is 43.4 Å². The molecule has 4 heterocycles. The Hall–Kier alpha value is -4.92. The molecule has 2 bridgehead atoms. The molecule has 4 amide bonds. The zero-order valence-electron chi connectivity index (χ0n) is 30.2. The molecule has 0 radical (unpaired) electrons. The summed E-state index contributed by atoms with van der Waals surface area (Å²) >= 11 is 0. The fourth-order valence-electron chi connectivity index (χ4n) is 6.66. The van der Waals surface area contributed by atoms with Gasteiger partial charge in [-0.25, -0.2) is 9.97 Å². The van der Waals surface area contributed by atoms with Gasteiger partial charge in [0.1, 0.15) is 30.2 Å². The van der Waals surface area contributed by atoms with Crippen molar-refractivity contribution in [2.45, 2.75) is 109 Å². The van der Waals surface area contributed by atoms with E-state index in [2.05, 4.69) is 30.7 Å². The largest absolute Gasteiger partial charge is 0.485 e. The maximum absolute atomic E-state index is 14.3. The first-order chi connectivity index (χ1) is 25.1. The highest BCUT2D eigenvalue weighted by Gasteiger charge is 2.44. The standard InChI is InChI=1S/C37H50N8O7/c1-24(2)18-28-36(49)45-21-26(46)20-30(45)37(50)44(3)29(19-25-15-17-38-23-40-25)35(48)39-16-11-7-5-4-6-8-14-33-42-32(43-52-33)22-51-31-13-10-9-12-27(31)34(47)41-28/h9-10,12-13,15,17,23-24,26,28-30,46H,4-8,11,14,16,18-22H2,1-3H3,(H,39,48)(H,41,47)/t26-,28+,29-,30+/m0/s1. The number of carbonyl (C=O) groups is 4. The molecule has 4 atom stereocenters. The van der Waals surface area contributed by atoms with Crippen molar-refractivity contribution in [1.29, 1.82) is 0 Å². The summed E-state index contributed by atoms with van der Waals surface area (Å²) in [5.41, 5.74) is 0.788. The van der Waals surface area contributed by atoms with Gasteiger partial charge in [-0.1, -0.05) is 56.8 Å². The van der Waals surface area contributed by atoms with Crippen LogP contribution in [0.2, 0.25) is 0 Å². The van der Waals surface area contributed by atoms with Gasteiger partial charge in [0, 0.05) is 51.3 Å². The molecule has 5 rings (SSSR count). The number of fused-ring (bicyclic) bond motifs is 4. The molecule has 2 aromatic heterocycles. The number of rotatable bonds is 4. The van der Waals surface area contributed by atoms with Crippen molar-refractivity contribution in [3.05, 3.63) is 65.8 Å². The van der Waals surface area contributed by atoms with Crippen molar-refractivity contribution in [2.24, 2.45) is 5.92 Å². The number of aliphatic hydroxyl groups excluding tert-OH is 1. The summed E-state index contributed by atoms with van der Waals surface area (Å²) in [4.78, 5) is 71.3. The Morgan fingerprint density at radius 3 is 2.54 bits per heavy atom. The molecule has 1 aromatic carbocycles. The smallest absolute Gasteiger partial charge is 0.255 e. The lowest BCUT2D eigenvalue weighted by molar-refractivity contribution is -0.147. The maximum Gasteiger partial charge on any atom is 0.255 e. The number of aliphatic hydroxyl groups is 1. The van der Waals surface area contributed by atoms with Gasteiger partial charge in [0.2, 0.25) is 29.4 Å². The van der Waals surface area contributed by atoms with Crippen LogP contribution in [-0.2, 0) is 33.8 Å². The van der Waals surface area contributed by atoms with E-state index in [1.165, 1.54) is 23.2 Å². The van der Waals surface area contributed by atoms with Gasteiger partial charge in [0.05, 0.1) is 11.7 Å². The van der Waals surface area contributed by atoms with Crippen molar-refractivity contribution < 1.29 is 33.5 Å². The van der Waals surface area contributed by atoms with E-state index < -0.39 is 42.0 Å². The molecule has 15 heteroatoms. The van der Waals surface area contributed by atoms with Crippen LogP contribution in [0.25, 0.3) is 0 Å². The minimum Gasteiger partial charge on any atom is -0.485 e. The number of amides is 4. The number of nitrogens with zero attached hydrogens (tertiary/aromatic N) is 6. The Kier molecular flexibility index (Phi) is 13.7. The first-order valence-corrected chi connectivity index (χ1v) is 18.2. The fourth-order valence-corrected chi connectivity index (χ4v) is 6.66. The Morgan fingerprint density at radius 1 is 1.00 bits per heavy atom. The Morgan fingerprint density at radius 2 is 1.77 bits per heavy atom. The number of aromatic nitrogens is 4. The number of ether oxygens (including phenoxy) is 1. The Balaban J connectivity index is 1.41. The van der Waals surface area contributed by atoms with E-state index >= 15 is 0 Å². The summed E-state index contributed by atoms with van der Waals surface area (Å²) < 4.78 is 11.4. The van der Waals surface area contributed by atoms with Crippen LogP contribution < -0.4 is 15.4 Å². The molecule has 1 fully saturated rings. The molecule has 1 saturated heterocycles. The summed E-state index contributed by atoms with van der Waals surface area (Å²) in [6.45, 7) is 4.19. The highest BCUT2D eigenvalue weighted by Crippen LogP contribution is 2.25. The van der Waals surface area contributed by atoms with E-state index in [1.54, 1.807) is 36.5 Å². The van der Waals surface area contributed by atoms with Crippen molar-refractivity contribution in [3.63, 3.8) is 0 Å². The third kappa shape index (κ3) is 10.3. The van der Waals surface area contributed by atoms with Gasteiger partial charge in [0.25, 0.3) is 5.91 Å². The van der Waals surface area contributed by atoms with Crippen LogP contribution in [0.1, 0.15) is 93.0 Å². The summed E-state index contributed by atoms with van der Waals surface area (Å²) in [5, 5.41) is 20.7. The quantitative estimate of drug-likeness (QED) is 0.359. The maximum atomic E-state index is 14.3. The number of benzene rings is 1. The molecule has 0 spiro atoms. The summed E-state index contributed by atoms with van der Waals surface area (Å²) in [5.74, 6) is -0.701. The van der Waals surface area contributed by atoms with Crippen LogP contribution in [0.4, 0.5) is 0 Å². The summed E-state index contributed by atoms with van der Waals surface area (Å²) in [6, 6.07) is 5.39. The van der Waals surface area contributed by atoms with E-state index in [9.17, 15) is 24.3 Å². The third-order valence-electron chi connectivity index (χ3n) is 9.44. The van der Waals surface area contributed by atoms with E-state index in [4.69, 9.17) is 9.26 Å². The van der Waals surface area contributed by atoms with E-state index in [1.807, 2.05) is 13.8 Å². The highest BCUT2D eigenvalue weighted by atomic mass is 16.5. The van der Waals surface area contributed by atoms with E-state index in [0.29, 0.717) is 30.4 Å². The number of nitrogens with one attached hydrogen (secondary N) is 2. The second kappa shape index (κ2) is 18.5. The number of carbonyl (C=O) groups excluding carboxylic acids is 4. The molecule has 0 unspecified atom stereocenters. The topological polar surface area (TPSA) is 193 Å². The molecule has 2 aliphatic heterocycles. The third-order valence-corrected chi connectivity index (χ3v) is 9.44. The van der Waals surface area contributed by atoms with Crippen LogP contribution in [-0.4, -0.2) is 103 Å². The van der Waals surface area contributed by atoms with Gasteiger partial charge in [-0.15, -0.1) is 0 Å². The van der Waals surface area contributed by atoms with E-state index in [0.717, 1.165) is 38.5 Å². The number of likely N-dealkylation sites (N-methyl/N-ethyl adjacent to an activating group) is 1. The lowest BCUT2D eigenvalue weighted by Crippen LogP contribution is -2.57. The minimum atomic E-state index is -1.05. The molecule has 2 aliphatic rings. The van der Waals surface area contributed by atoms with Gasteiger partial charge in [-0.3, -0.25) is 19.2 Å². The predicted octanol–water partition coefficient (Wildman–Crippen LogP) is 2.63. The van der Waals surface area contributed by atoms with Crippen molar-refractivity contribution in [3.8, 4) is 5.75 Å². The van der Waals surface area contributed by atoms with E-state index in [-0.39, 0.29) is 55.6 Å². The predicted molar refractivity (Wildman–Crippen MR) is 189 cm³/mol. The van der Waals surface area contributed by atoms with Crippen LogP contribution in [0.3, 0.4) is 0 Å². The SMILES string of the molecule is CC(C)C[C@H]1NC(=O)c2ccccc2OCc2noc(n2)CCCCCCCCNC(=O)[C@H](Cc2ccncn2)N(C)C(=O)[C@H]2C[C@H](O)CN2C1=O. The fraction of sp³-hybridized carbons (Fsp3) is 0.568. The highest BCUT2D eigenvalue weighted by molar-refractivity contribution is 6.00. The van der Waals surface area contributed by atoms with Crippen molar-refractivity contribution in [2.75, 3.05) is 20.1 Å². The molecule has 52 heavy (non-hydrogen) atoms. The normalized spacial score (nSPS) is 23.4. The molecule has 0 saturated carbocycles. The van der Waals surface area contributed by atoms with Crippen LogP contribution in [0, 0.1) is 5.92 Å². The lowest BCUT2D eigenvalue weighted by Gasteiger charge is -2.34. The minimum absolute atomic E-state index is 0.00110. The van der Waals surface area contributed by atoms with Gasteiger partial charge < -0.3 is 34.8 Å². The van der Waals surface area contributed by atoms with Gasteiger partial charge in [-0.2, -0.15) is 4.98 Å². The van der Waals surface area contributed by atoms with Gasteiger partial charge >= 0.3 is 0 Å². The molecule has 280 valence electrons. The van der Waals surface area contributed by atoms with Crippen LogP contribution in [0.5, 0.6) is 5.75 Å². The first-order valence-electron chi connectivity index (χ1n) is 18.2. The molecule has 3 N–H and O–H groups in total. The molecular formula is C37H50N8O7. The number of aryl methyl sites for hydroxylation is 1. The molecular weight excluding hydrogens is 668 g/mol. The first kappa shape index (κ1) is 38.3. The Labute approximate surface area is 303 Å². The zero-order valence-corrected chi connectivity index (χ0v) is 30.2. The summed E-state index contributed by atoms with van der Waals surface area (Å²) in [7, 11) is 1.54. The lowest BCUT2D eigenvalue weighted by atomic mass is 10.0. The Bertz CT molecular complexity index is 1650. The number of para-hydroxylation sites is 1. The zero-order chi connectivity index (χ0) is 37.0. The monoisotopic (exact) mass is 718 g/mol. The second-order valence-corrected chi connectivity index (χ2v) is 14.0. The molecule has 0 aliphatic carbocycles. The van der Waals surface area contributed by atoms with Crippen LogP contribution in [0.15, 0.2) is 47.4 Å². The summed E-state index contributed by atoms with van der Waals surface area (Å²) in [6.07, 6.45) is 8.65. The van der Waals surface area contributed by atoms with Gasteiger partial charge in [0.15, 0.2) is 6.61 Å². The number of hydrogen-bond acceptors (Lipinski definition) is 11. The average molecular weight is 719 g/mol. The molecule has 3 aromatic rings. The van der Waals surface area contributed by atoms with Crippen molar-refractivity contribution >= 4 is 23.6 Å². The average Bonchev–Trinajstić information content (AvgIpc) is 3.77. The molecule has 15 nitrogen and oxygen atoms in total. The number of hydrogen-bond donors (Lipinski definition) is 3. The van der Waals surface area contributed by atoms with Crippen molar-refractivity contribution in [1.82, 2.24) is 40.5 Å². The van der Waals surface area contributed by atoms with Crippen LogP contribution >= 0.6 is 0 Å². The second-order valence-electron chi connectivity index (χ2n) is 14.0.